The smallest absolute Gasteiger partial charge is 0.221 e. The minimum atomic E-state index is 0.221. The lowest BCUT2D eigenvalue weighted by Crippen LogP contribution is -2.47. The summed E-state index contributed by atoms with van der Waals surface area (Å²) < 4.78 is 5.51. The highest BCUT2D eigenvalue weighted by atomic mass is 16.5. The van der Waals surface area contributed by atoms with Gasteiger partial charge in [-0.1, -0.05) is 6.92 Å². The maximum absolute atomic E-state index is 6.08. The lowest BCUT2D eigenvalue weighted by atomic mass is 9.96. The van der Waals surface area contributed by atoms with Crippen LogP contribution in [0.5, 0.6) is 5.88 Å². The third kappa shape index (κ3) is 2.72. The normalized spacial score (nSPS) is 24.1. The summed E-state index contributed by atoms with van der Waals surface area (Å²) in [6.07, 6.45) is 2.65. The van der Waals surface area contributed by atoms with E-state index in [1.54, 1.807) is 6.33 Å². The van der Waals surface area contributed by atoms with Crippen molar-refractivity contribution < 1.29 is 4.74 Å². The molecule has 5 nitrogen and oxygen atoms in total. The molecule has 1 aliphatic rings. The Hall–Kier alpha value is -1.36. The van der Waals surface area contributed by atoms with Gasteiger partial charge >= 0.3 is 0 Å². The average Bonchev–Trinajstić information content (AvgIpc) is 2.31. The zero-order valence-corrected chi connectivity index (χ0v) is 11.4. The van der Waals surface area contributed by atoms with E-state index in [4.69, 9.17) is 10.5 Å². The molecule has 2 heterocycles. The Balaban J connectivity index is 2.24. The maximum atomic E-state index is 6.08. The van der Waals surface area contributed by atoms with Crippen LogP contribution in [0.1, 0.15) is 25.8 Å². The van der Waals surface area contributed by atoms with Gasteiger partial charge < -0.3 is 15.4 Å². The van der Waals surface area contributed by atoms with Crippen molar-refractivity contribution in [3.8, 4) is 5.88 Å². The Bertz CT molecular complexity index is 400. The van der Waals surface area contributed by atoms with Gasteiger partial charge in [0.15, 0.2) is 0 Å². The Morgan fingerprint density at radius 3 is 2.89 bits per heavy atom. The fourth-order valence-electron chi connectivity index (χ4n) is 2.60. The molecule has 0 amide bonds. The summed E-state index contributed by atoms with van der Waals surface area (Å²) in [5, 5.41) is 0. The van der Waals surface area contributed by atoms with Gasteiger partial charge in [0.2, 0.25) is 5.88 Å². The van der Waals surface area contributed by atoms with Crippen LogP contribution in [0.2, 0.25) is 0 Å². The number of nitrogens with two attached hydrogens (primary N) is 1. The first kappa shape index (κ1) is 13.1. The second-order valence-electron chi connectivity index (χ2n) is 5.07. The van der Waals surface area contributed by atoms with Crippen molar-refractivity contribution in [3.63, 3.8) is 0 Å². The van der Waals surface area contributed by atoms with Crippen molar-refractivity contribution in [1.29, 1.82) is 0 Å². The second kappa shape index (κ2) is 5.52. The molecule has 5 heteroatoms. The van der Waals surface area contributed by atoms with Crippen LogP contribution >= 0.6 is 0 Å². The molecule has 2 rings (SSSR count). The monoisotopic (exact) mass is 250 g/mol. The summed E-state index contributed by atoms with van der Waals surface area (Å²) in [6.45, 7) is 8.66. The van der Waals surface area contributed by atoms with Crippen molar-refractivity contribution in [3.05, 3.63) is 11.9 Å². The third-order valence-electron chi connectivity index (χ3n) is 3.28. The Morgan fingerprint density at radius 2 is 2.22 bits per heavy atom. The van der Waals surface area contributed by atoms with Gasteiger partial charge in [0.25, 0.3) is 0 Å². The van der Waals surface area contributed by atoms with Crippen LogP contribution in [0.15, 0.2) is 6.33 Å². The van der Waals surface area contributed by atoms with Crippen molar-refractivity contribution in [2.45, 2.75) is 33.2 Å². The van der Waals surface area contributed by atoms with Crippen LogP contribution in [-0.2, 0) is 0 Å². The number of hydrogen-bond donors (Lipinski definition) is 1. The van der Waals surface area contributed by atoms with Crippen LogP contribution < -0.4 is 15.4 Å². The van der Waals surface area contributed by atoms with E-state index in [-0.39, 0.29) is 6.04 Å². The quantitative estimate of drug-likeness (QED) is 0.877. The molecule has 1 aromatic heterocycles. The lowest BCUT2D eigenvalue weighted by molar-refractivity contribution is 0.323. The molecule has 1 fully saturated rings. The number of anilines is 1. The van der Waals surface area contributed by atoms with Crippen LogP contribution in [0, 0.1) is 12.8 Å². The average molecular weight is 250 g/mol. The van der Waals surface area contributed by atoms with E-state index in [0.29, 0.717) is 18.4 Å². The molecule has 1 saturated heterocycles. The SMILES string of the molecule is CCOc1ncnc(N2CC(C)CC(N)C2)c1C. The van der Waals surface area contributed by atoms with E-state index < -0.39 is 0 Å². The maximum Gasteiger partial charge on any atom is 0.221 e. The molecular weight excluding hydrogens is 228 g/mol. The van der Waals surface area contributed by atoms with Gasteiger partial charge in [-0.3, -0.25) is 0 Å². The predicted octanol–water partition coefficient (Wildman–Crippen LogP) is 1.36. The number of aromatic nitrogens is 2. The lowest BCUT2D eigenvalue weighted by Gasteiger charge is -2.36. The molecule has 2 N–H and O–H groups in total. The van der Waals surface area contributed by atoms with E-state index in [2.05, 4.69) is 21.8 Å². The molecule has 0 saturated carbocycles. The fraction of sp³-hybridized carbons (Fsp3) is 0.692. The Labute approximate surface area is 108 Å². The molecule has 0 spiro atoms. The number of ether oxygens (including phenoxy) is 1. The molecule has 0 bridgehead atoms. The molecule has 0 aliphatic carbocycles. The van der Waals surface area contributed by atoms with Crippen LogP contribution in [0.25, 0.3) is 0 Å². The highest BCUT2D eigenvalue weighted by molar-refractivity contribution is 5.50. The van der Waals surface area contributed by atoms with Gasteiger partial charge in [0, 0.05) is 19.1 Å². The molecule has 1 aromatic rings. The number of hydrogen-bond acceptors (Lipinski definition) is 5. The van der Waals surface area contributed by atoms with Gasteiger partial charge in [0.1, 0.15) is 12.1 Å². The molecule has 0 radical (unpaired) electrons. The Morgan fingerprint density at radius 1 is 1.44 bits per heavy atom. The standard InChI is InChI=1S/C13H22N4O/c1-4-18-13-10(3)12(15-8-16-13)17-6-9(2)5-11(14)7-17/h8-9,11H,4-7,14H2,1-3H3. The largest absolute Gasteiger partial charge is 0.478 e. The first-order valence-electron chi connectivity index (χ1n) is 6.56. The van der Waals surface area contributed by atoms with E-state index in [1.807, 2.05) is 13.8 Å². The van der Waals surface area contributed by atoms with E-state index in [0.717, 1.165) is 30.9 Å². The topological polar surface area (TPSA) is 64.3 Å². The van der Waals surface area contributed by atoms with Gasteiger partial charge in [-0.25, -0.2) is 9.97 Å². The van der Waals surface area contributed by atoms with Gasteiger partial charge in [-0.2, -0.15) is 0 Å². The zero-order chi connectivity index (χ0) is 13.1. The summed E-state index contributed by atoms with van der Waals surface area (Å²) in [5.41, 5.74) is 7.08. The molecule has 2 unspecified atom stereocenters. The summed E-state index contributed by atoms with van der Waals surface area (Å²) in [6, 6.07) is 0.221. The fourth-order valence-corrected chi connectivity index (χ4v) is 2.60. The summed E-state index contributed by atoms with van der Waals surface area (Å²) >= 11 is 0. The van der Waals surface area contributed by atoms with Crippen LogP contribution in [-0.4, -0.2) is 35.7 Å². The first-order chi connectivity index (χ1) is 8.61. The first-order valence-corrected chi connectivity index (χ1v) is 6.56. The summed E-state index contributed by atoms with van der Waals surface area (Å²) in [5.74, 6) is 2.23. The molecule has 100 valence electrons. The third-order valence-corrected chi connectivity index (χ3v) is 3.28. The zero-order valence-electron chi connectivity index (χ0n) is 11.4. The van der Waals surface area contributed by atoms with Gasteiger partial charge in [-0.05, 0) is 26.2 Å². The van der Waals surface area contributed by atoms with Crippen LogP contribution in [0.4, 0.5) is 5.82 Å². The van der Waals surface area contributed by atoms with E-state index in [9.17, 15) is 0 Å². The van der Waals surface area contributed by atoms with Crippen molar-refractivity contribution in [1.82, 2.24) is 9.97 Å². The molecule has 1 aliphatic heterocycles. The van der Waals surface area contributed by atoms with Gasteiger partial charge in [0.05, 0.1) is 12.2 Å². The molecule has 0 aromatic carbocycles. The second-order valence-corrected chi connectivity index (χ2v) is 5.07. The summed E-state index contributed by atoms with van der Waals surface area (Å²) in [7, 11) is 0. The molecule has 2 atom stereocenters. The minimum absolute atomic E-state index is 0.221. The highest BCUT2D eigenvalue weighted by Gasteiger charge is 2.25. The minimum Gasteiger partial charge on any atom is -0.478 e. The van der Waals surface area contributed by atoms with Crippen LogP contribution in [0.3, 0.4) is 0 Å². The number of piperidine rings is 1. The van der Waals surface area contributed by atoms with Crippen molar-refractivity contribution >= 4 is 5.82 Å². The van der Waals surface area contributed by atoms with E-state index in [1.165, 1.54) is 0 Å². The molecule has 18 heavy (non-hydrogen) atoms. The van der Waals surface area contributed by atoms with E-state index >= 15 is 0 Å². The number of nitrogens with zero attached hydrogens (tertiary/aromatic N) is 3. The predicted molar refractivity (Wildman–Crippen MR) is 71.9 cm³/mol. The summed E-state index contributed by atoms with van der Waals surface area (Å²) in [4.78, 5) is 10.8. The highest BCUT2D eigenvalue weighted by Crippen LogP contribution is 2.27. The Kier molecular flexibility index (Phi) is 4.01. The number of rotatable bonds is 3. The van der Waals surface area contributed by atoms with Crippen molar-refractivity contribution in [2.75, 3.05) is 24.6 Å². The van der Waals surface area contributed by atoms with Gasteiger partial charge in [-0.15, -0.1) is 0 Å². The molecular formula is C13H22N4O. The van der Waals surface area contributed by atoms with Crippen molar-refractivity contribution in [2.24, 2.45) is 11.7 Å².